The van der Waals surface area contributed by atoms with E-state index in [9.17, 15) is 18.0 Å². The number of carbonyl (C=O) groups is 1. The first-order valence-electron chi connectivity index (χ1n) is 7.51. The SMILES string of the molecule is O=C(NCC(N1CCNCC1)C(F)(F)F)[C@@H]1CCCCN1. The topological polar surface area (TPSA) is 56.4 Å². The van der Waals surface area contributed by atoms with Crippen LogP contribution in [-0.4, -0.2) is 68.3 Å². The van der Waals surface area contributed by atoms with Crippen LogP contribution in [0.2, 0.25) is 0 Å². The molecule has 0 bridgehead atoms. The van der Waals surface area contributed by atoms with Crippen molar-refractivity contribution in [2.75, 3.05) is 39.3 Å². The van der Waals surface area contributed by atoms with E-state index in [0.717, 1.165) is 19.4 Å². The summed E-state index contributed by atoms with van der Waals surface area (Å²) in [7, 11) is 0. The Hall–Kier alpha value is -0.860. The van der Waals surface area contributed by atoms with Crippen LogP contribution < -0.4 is 16.0 Å². The molecule has 2 heterocycles. The normalized spacial score (nSPS) is 26.3. The van der Waals surface area contributed by atoms with E-state index in [2.05, 4.69) is 16.0 Å². The second-order valence-electron chi connectivity index (χ2n) is 5.59. The molecule has 2 fully saturated rings. The van der Waals surface area contributed by atoms with Gasteiger partial charge < -0.3 is 16.0 Å². The van der Waals surface area contributed by atoms with Crippen molar-refractivity contribution in [3.8, 4) is 0 Å². The number of piperidine rings is 1. The van der Waals surface area contributed by atoms with Crippen LogP contribution >= 0.6 is 0 Å². The van der Waals surface area contributed by atoms with E-state index in [0.29, 0.717) is 32.6 Å². The van der Waals surface area contributed by atoms with E-state index in [1.165, 1.54) is 4.90 Å². The van der Waals surface area contributed by atoms with Crippen molar-refractivity contribution in [1.29, 1.82) is 0 Å². The van der Waals surface area contributed by atoms with Crippen LogP contribution in [0.5, 0.6) is 0 Å². The first kappa shape index (κ1) is 16.5. The number of amides is 1. The minimum atomic E-state index is -4.33. The van der Waals surface area contributed by atoms with Gasteiger partial charge in [-0.3, -0.25) is 9.69 Å². The molecular formula is C13H23F3N4O. The summed E-state index contributed by atoms with van der Waals surface area (Å²) >= 11 is 0. The number of nitrogens with one attached hydrogen (secondary N) is 3. The van der Waals surface area contributed by atoms with Gasteiger partial charge in [0.25, 0.3) is 0 Å². The fourth-order valence-corrected chi connectivity index (χ4v) is 2.84. The fraction of sp³-hybridized carbons (Fsp3) is 0.923. The molecule has 1 amide bonds. The molecule has 2 aliphatic heterocycles. The number of hydrogen-bond acceptors (Lipinski definition) is 4. The first-order valence-corrected chi connectivity index (χ1v) is 7.51. The standard InChI is InChI=1S/C13H23F3N4O/c14-13(15,16)11(20-7-5-17-6-8-20)9-19-12(21)10-3-1-2-4-18-10/h10-11,17-18H,1-9H2,(H,19,21)/t10-,11?/m0/s1. The molecule has 2 rings (SSSR count). The minimum Gasteiger partial charge on any atom is -0.353 e. The van der Waals surface area contributed by atoms with Crippen LogP contribution in [0.25, 0.3) is 0 Å². The lowest BCUT2D eigenvalue weighted by atomic mass is 10.0. The number of nitrogens with zero attached hydrogens (tertiary/aromatic N) is 1. The summed E-state index contributed by atoms with van der Waals surface area (Å²) in [6.07, 6.45) is -1.69. The first-order chi connectivity index (χ1) is 9.98. The fourth-order valence-electron chi connectivity index (χ4n) is 2.84. The summed E-state index contributed by atoms with van der Waals surface area (Å²) < 4.78 is 39.5. The van der Waals surface area contributed by atoms with Crippen molar-refractivity contribution in [1.82, 2.24) is 20.9 Å². The molecule has 0 aromatic rings. The monoisotopic (exact) mass is 308 g/mol. The van der Waals surface area contributed by atoms with E-state index in [-0.39, 0.29) is 18.5 Å². The molecule has 1 unspecified atom stereocenters. The average molecular weight is 308 g/mol. The van der Waals surface area contributed by atoms with Gasteiger partial charge in [-0.05, 0) is 19.4 Å². The Morgan fingerprint density at radius 3 is 2.52 bits per heavy atom. The summed E-state index contributed by atoms with van der Waals surface area (Å²) in [5, 5.41) is 8.55. The largest absolute Gasteiger partial charge is 0.405 e. The average Bonchev–Trinajstić information content (AvgIpc) is 2.48. The molecule has 3 N–H and O–H groups in total. The van der Waals surface area contributed by atoms with Crippen molar-refractivity contribution in [3.63, 3.8) is 0 Å². The Kier molecular flexibility index (Phi) is 5.83. The molecule has 0 radical (unpaired) electrons. The molecule has 122 valence electrons. The number of hydrogen-bond donors (Lipinski definition) is 3. The zero-order valence-corrected chi connectivity index (χ0v) is 12.0. The second-order valence-corrected chi connectivity index (χ2v) is 5.59. The highest BCUT2D eigenvalue weighted by Crippen LogP contribution is 2.24. The predicted molar refractivity (Wildman–Crippen MR) is 72.9 cm³/mol. The molecule has 21 heavy (non-hydrogen) atoms. The molecule has 0 spiro atoms. The van der Waals surface area contributed by atoms with Gasteiger partial charge in [0.2, 0.25) is 5.91 Å². The summed E-state index contributed by atoms with van der Waals surface area (Å²) in [6, 6.07) is -1.96. The van der Waals surface area contributed by atoms with Crippen molar-refractivity contribution in [2.45, 2.75) is 37.5 Å². The third-order valence-electron chi connectivity index (χ3n) is 4.07. The summed E-state index contributed by atoms with van der Waals surface area (Å²) in [5.41, 5.74) is 0. The Labute approximate surface area is 122 Å². The van der Waals surface area contributed by atoms with Gasteiger partial charge in [-0.25, -0.2) is 0 Å². The molecule has 8 heteroatoms. The van der Waals surface area contributed by atoms with Crippen LogP contribution in [0.15, 0.2) is 0 Å². The van der Waals surface area contributed by atoms with Crippen LogP contribution in [0.4, 0.5) is 13.2 Å². The van der Waals surface area contributed by atoms with Crippen molar-refractivity contribution in [3.05, 3.63) is 0 Å². The summed E-state index contributed by atoms with van der Waals surface area (Å²) in [5.74, 6) is -0.320. The van der Waals surface area contributed by atoms with Gasteiger partial charge >= 0.3 is 6.18 Å². The maximum absolute atomic E-state index is 13.2. The zero-order chi connectivity index (χ0) is 15.3. The zero-order valence-electron chi connectivity index (χ0n) is 12.0. The summed E-state index contributed by atoms with van der Waals surface area (Å²) in [6.45, 7) is 2.16. The van der Waals surface area contributed by atoms with Gasteiger partial charge in [0.05, 0.1) is 6.04 Å². The van der Waals surface area contributed by atoms with E-state index >= 15 is 0 Å². The Morgan fingerprint density at radius 1 is 1.24 bits per heavy atom. The lowest BCUT2D eigenvalue weighted by molar-refractivity contribution is -0.184. The quantitative estimate of drug-likeness (QED) is 0.688. The van der Waals surface area contributed by atoms with Gasteiger partial charge in [-0.15, -0.1) is 0 Å². The number of alkyl halides is 3. The van der Waals surface area contributed by atoms with Crippen LogP contribution in [0.3, 0.4) is 0 Å². The van der Waals surface area contributed by atoms with Crippen molar-refractivity contribution >= 4 is 5.91 Å². The maximum Gasteiger partial charge on any atom is 0.405 e. The molecule has 0 aromatic carbocycles. The molecule has 0 saturated carbocycles. The maximum atomic E-state index is 13.2. The van der Waals surface area contributed by atoms with Crippen LogP contribution in [0, 0.1) is 0 Å². The van der Waals surface area contributed by atoms with Gasteiger partial charge in [-0.1, -0.05) is 6.42 Å². The molecule has 5 nitrogen and oxygen atoms in total. The smallest absolute Gasteiger partial charge is 0.353 e. The van der Waals surface area contributed by atoms with Crippen LogP contribution in [-0.2, 0) is 4.79 Å². The van der Waals surface area contributed by atoms with E-state index in [1.54, 1.807) is 0 Å². The van der Waals surface area contributed by atoms with Gasteiger partial charge in [0.1, 0.15) is 6.04 Å². The molecule has 0 aromatic heterocycles. The van der Waals surface area contributed by atoms with Gasteiger partial charge in [0, 0.05) is 32.7 Å². The van der Waals surface area contributed by atoms with E-state index in [4.69, 9.17) is 0 Å². The number of piperazine rings is 1. The lowest BCUT2D eigenvalue weighted by Crippen LogP contribution is -2.58. The highest BCUT2D eigenvalue weighted by Gasteiger charge is 2.44. The van der Waals surface area contributed by atoms with E-state index < -0.39 is 12.2 Å². The molecular weight excluding hydrogens is 285 g/mol. The third kappa shape index (κ3) is 4.82. The Morgan fingerprint density at radius 2 is 1.95 bits per heavy atom. The van der Waals surface area contributed by atoms with Crippen molar-refractivity contribution in [2.24, 2.45) is 0 Å². The van der Waals surface area contributed by atoms with E-state index in [1.807, 2.05) is 0 Å². The Bertz CT molecular complexity index is 339. The Balaban J connectivity index is 1.87. The summed E-state index contributed by atoms with van der Waals surface area (Å²) in [4.78, 5) is 13.3. The molecule has 0 aliphatic carbocycles. The lowest BCUT2D eigenvalue weighted by Gasteiger charge is -2.36. The van der Waals surface area contributed by atoms with Gasteiger partial charge in [0.15, 0.2) is 0 Å². The number of carbonyl (C=O) groups excluding carboxylic acids is 1. The molecule has 2 aliphatic rings. The number of rotatable bonds is 4. The van der Waals surface area contributed by atoms with Crippen LogP contribution in [0.1, 0.15) is 19.3 Å². The third-order valence-corrected chi connectivity index (χ3v) is 4.07. The second kappa shape index (κ2) is 7.42. The highest BCUT2D eigenvalue weighted by molar-refractivity contribution is 5.81. The number of halogens is 3. The predicted octanol–water partition coefficient (Wildman–Crippen LogP) is 0.0808. The molecule has 2 saturated heterocycles. The minimum absolute atomic E-state index is 0.320. The highest BCUT2D eigenvalue weighted by atomic mass is 19.4. The van der Waals surface area contributed by atoms with Crippen molar-refractivity contribution < 1.29 is 18.0 Å². The molecule has 2 atom stereocenters. The van der Waals surface area contributed by atoms with Gasteiger partial charge in [-0.2, -0.15) is 13.2 Å².